The highest BCUT2D eigenvalue weighted by molar-refractivity contribution is 8.15. The summed E-state index contributed by atoms with van der Waals surface area (Å²) in [5.41, 5.74) is 3.95. The lowest BCUT2D eigenvalue weighted by atomic mass is 10.1. The Labute approximate surface area is 834 Å². The zero-order valence-electron chi connectivity index (χ0n) is 74.9. The molecule has 12 rings (SSSR count). The van der Waals surface area contributed by atoms with Gasteiger partial charge in [-0.05, 0) is 140 Å². The second-order valence-electron chi connectivity index (χ2n) is 27.9. The highest BCUT2D eigenvalue weighted by Gasteiger charge is 2.29. The SMILES string of the molecule is CC(=O)SCC(=O)c1ccc(NS(=O)(=O)c2ccsc2)cc1.CC(=O)SCC(=O)c1ccc(NS(=O)(=O)c2ncon2)cc1.CC(=O)SCC(=O)c1cccc(N(C)S(=O)(=O)c2cn[nH]c2)c1.CC(=O)SCC(=O)c1cccc(N(CCN(C)C)S(=O)(=O)c2ccncc2)c1.CC(=O)SCC(=O)c1cccc(NS(=O)(=O)c2cnco2)c1.CC(=O)SCC(=O)c1cccc(NS(=O)(=O)c2ncncn2)c1. The number of sulfonamides is 6. The van der Waals surface area contributed by atoms with Gasteiger partial charge in [0, 0.05) is 142 Å². The predicted molar refractivity (Wildman–Crippen MR) is 533 cm³/mol. The van der Waals surface area contributed by atoms with E-state index < -0.39 is 70.5 Å². The molecule has 6 aromatic carbocycles. The fourth-order valence-corrected chi connectivity index (χ4v) is 20.7. The summed E-state index contributed by atoms with van der Waals surface area (Å²) < 4.78 is 168. The average molecular weight is 2160 g/mol. The quantitative estimate of drug-likeness (QED) is 0.0223. The van der Waals surface area contributed by atoms with E-state index in [1.54, 1.807) is 71.4 Å². The van der Waals surface area contributed by atoms with E-state index in [4.69, 9.17) is 4.42 Å². The number of carbonyl (C=O) groups excluding carboxylic acids is 12. The van der Waals surface area contributed by atoms with Crippen molar-refractivity contribution in [2.45, 2.75) is 71.6 Å². The fraction of sp³-hybridized carbons (Fsp3) is 0.200. The zero-order valence-corrected chi connectivity index (χ0v) is 85.6. The van der Waals surface area contributed by atoms with Crippen molar-refractivity contribution in [3.8, 4) is 0 Å². The molecule has 740 valence electrons. The number of oxazole rings is 1. The normalized spacial score (nSPS) is 11.2. The van der Waals surface area contributed by atoms with Gasteiger partial charge >= 0.3 is 15.2 Å². The highest BCUT2D eigenvalue weighted by atomic mass is 32.2. The van der Waals surface area contributed by atoms with Gasteiger partial charge in [-0.2, -0.15) is 46.7 Å². The molecule has 0 aliphatic carbocycles. The van der Waals surface area contributed by atoms with Crippen LogP contribution in [-0.2, 0) is 88.9 Å². The molecule has 6 heterocycles. The Bertz CT molecular complexity index is 6940. The van der Waals surface area contributed by atoms with Crippen LogP contribution in [0.2, 0.25) is 0 Å². The van der Waals surface area contributed by atoms with Gasteiger partial charge < -0.3 is 13.8 Å². The summed E-state index contributed by atoms with van der Waals surface area (Å²) in [7, 11) is -17.8. The van der Waals surface area contributed by atoms with E-state index in [2.05, 4.69) is 68.7 Å². The van der Waals surface area contributed by atoms with Gasteiger partial charge in [0.2, 0.25) is 6.39 Å². The molecule has 0 atom stereocenters. The summed E-state index contributed by atoms with van der Waals surface area (Å²) in [5, 5.41) is 10.5. The molecule has 140 heavy (non-hydrogen) atoms. The summed E-state index contributed by atoms with van der Waals surface area (Å²) in [5.74, 6) is -1.21. The molecule has 12 aromatic rings. The number of nitrogens with one attached hydrogen (secondary N) is 5. The first-order valence-electron chi connectivity index (χ1n) is 39.6. The smallest absolute Gasteiger partial charge is 0.308 e. The van der Waals surface area contributed by atoms with Gasteiger partial charge in [0.1, 0.15) is 17.6 Å². The third kappa shape index (κ3) is 37.8. The van der Waals surface area contributed by atoms with Crippen molar-refractivity contribution in [1.82, 2.24) is 50.2 Å². The summed E-state index contributed by atoms with van der Waals surface area (Å²) in [6.07, 6.45) is 10.5. The number of Topliss-reactive ketones (excluding diaryl/α,β-unsaturated/α-hetero) is 6. The van der Waals surface area contributed by atoms with Crippen molar-refractivity contribution < 1.29 is 117 Å². The number of aromatic amines is 1. The molecule has 55 heteroatoms. The maximum absolute atomic E-state index is 13.2. The van der Waals surface area contributed by atoms with Crippen LogP contribution in [0.25, 0.3) is 0 Å². The minimum absolute atomic E-state index is 0.000990. The van der Waals surface area contributed by atoms with Gasteiger partial charge in [0.25, 0.3) is 60.4 Å². The van der Waals surface area contributed by atoms with Crippen molar-refractivity contribution in [3.63, 3.8) is 0 Å². The number of pyridine rings is 1. The monoisotopic (exact) mass is 2160 g/mol. The third-order valence-electron chi connectivity index (χ3n) is 17.1. The van der Waals surface area contributed by atoms with E-state index in [-0.39, 0.29) is 143 Å². The van der Waals surface area contributed by atoms with Crippen molar-refractivity contribution in [1.29, 1.82) is 0 Å². The average Bonchev–Trinajstić information content (AvgIpc) is 1.63. The standard InChI is InChI=1S/C19H23N3O4S2.C14H15N3O4S2.C14H13NO4S3.C13H12N4O4S2.C13H12N2O5S2.C12H11N3O5S2/c1-15(23)27-14-19(24)16-5-4-6-17(13-16)22(12-11-21(2)3)28(25,26)18-7-9-20-10-8-18;1-10(18)22-9-14(19)11-4-3-5-12(6-11)17(2)23(20,21)13-7-15-16-8-13;1-10(16)21-9-14(17)11-2-4-12(5-3-11)15-22(18,19)13-6-7-20-8-13;1-9(18)22-6-12(19)10-3-2-4-11(5-10)17-23(20,21)13-15-7-14-8-16-13;1-9(16)21-7-12(17)10-3-2-4-11(5-10)15-22(18,19)13-6-14-8-20-13;1-8(16)21-6-11(17)9-2-4-10(5-3-9)15-22(18,19)12-13-7-20-14-12/h4-10,13H,11-12,14H2,1-3H3;3-8H,9H2,1-2H3,(H,15,16);2-8,15H,9H2,1H3;2-5,7-8,17H,6H2,1H3;2-6,8,15H,7H2,1H3;2-5,7,15H,6H2,1H3. The Kier molecular flexibility index (Phi) is 44.7. The first-order chi connectivity index (χ1) is 66.1. The number of likely N-dealkylation sites (N-methyl/N-ethyl adjacent to an activating group) is 1. The number of ketones is 6. The number of nitrogens with zero attached hydrogens (tertiary/aromatic N) is 11. The zero-order chi connectivity index (χ0) is 103. The lowest BCUT2D eigenvalue weighted by Crippen LogP contribution is -2.36. The third-order valence-corrected chi connectivity index (χ3v) is 31.4. The van der Waals surface area contributed by atoms with E-state index >= 15 is 0 Å². The fourth-order valence-electron chi connectivity index (χ4n) is 10.4. The number of hydrogen-bond acceptors (Lipinski definition) is 42. The summed E-state index contributed by atoms with van der Waals surface area (Å²) in [6, 6.07) is 41.0. The molecule has 42 nitrogen and oxygen atoms in total. The molecule has 0 saturated carbocycles. The number of benzene rings is 6. The molecule has 0 amide bonds. The lowest BCUT2D eigenvalue weighted by Gasteiger charge is -2.26. The van der Waals surface area contributed by atoms with Crippen LogP contribution in [0.3, 0.4) is 0 Å². The van der Waals surface area contributed by atoms with Crippen LogP contribution in [0.4, 0.5) is 34.1 Å². The Balaban J connectivity index is 0.000000229. The molecule has 0 unspecified atom stereocenters. The lowest BCUT2D eigenvalue weighted by molar-refractivity contribution is -0.109. The number of hydrogen-bond donors (Lipinski definition) is 5. The maximum Gasteiger partial charge on any atom is 0.308 e. The molecule has 0 spiro atoms. The van der Waals surface area contributed by atoms with Crippen LogP contribution in [0.5, 0.6) is 0 Å². The predicted octanol–water partition coefficient (Wildman–Crippen LogP) is 11.4. The van der Waals surface area contributed by atoms with Crippen molar-refractivity contribution in [2.75, 3.05) is 96.2 Å². The van der Waals surface area contributed by atoms with Crippen LogP contribution >= 0.6 is 81.9 Å². The first kappa shape index (κ1) is 114. The van der Waals surface area contributed by atoms with Gasteiger partial charge in [-0.25, -0.2) is 45.2 Å². The number of thioether (sulfide) groups is 6. The largest absolute Gasteiger partial charge is 0.430 e. The maximum atomic E-state index is 13.2. The second kappa shape index (κ2) is 54.8. The number of rotatable bonds is 39. The summed E-state index contributed by atoms with van der Waals surface area (Å²) >= 11 is 6.81. The Morgan fingerprint density at radius 1 is 0.379 bits per heavy atom. The van der Waals surface area contributed by atoms with E-state index in [0.717, 1.165) is 107 Å². The molecule has 0 radical (unpaired) electrons. The number of carbonyl (C=O) groups is 12. The van der Waals surface area contributed by atoms with Gasteiger partial charge in [-0.1, -0.05) is 119 Å². The van der Waals surface area contributed by atoms with Crippen molar-refractivity contribution in [3.05, 3.63) is 264 Å². The topological polar surface area (TPSA) is 613 Å². The van der Waals surface area contributed by atoms with Crippen LogP contribution in [0.15, 0.2) is 270 Å². The van der Waals surface area contributed by atoms with Gasteiger partial charge in [-0.15, -0.1) is 0 Å². The van der Waals surface area contributed by atoms with Crippen LogP contribution in [0.1, 0.15) is 104 Å². The molecular weight excluding hydrogens is 2080 g/mol. The van der Waals surface area contributed by atoms with E-state index in [9.17, 15) is 108 Å². The summed E-state index contributed by atoms with van der Waals surface area (Å²) in [6.45, 7) is 9.05. The minimum Gasteiger partial charge on any atom is -0.430 e. The van der Waals surface area contributed by atoms with E-state index in [1.165, 1.54) is 192 Å². The van der Waals surface area contributed by atoms with Crippen LogP contribution in [0, 0.1) is 0 Å². The van der Waals surface area contributed by atoms with Crippen molar-refractivity contribution >= 4 is 242 Å². The van der Waals surface area contributed by atoms with Gasteiger partial charge in [-0.3, -0.25) is 95.1 Å². The van der Waals surface area contributed by atoms with E-state index in [0.29, 0.717) is 57.0 Å². The molecule has 0 saturated heterocycles. The molecule has 5 N–H and O–H groups in total. The molecule has 0 bridgehead atoms. The molecular formula is C85H86N16O26S13. The Morgan fingerprint density at radius 3 is 1.19 bits per heavy atom. The molecule has 0 aliphatic heterocycles. The summed E-state index contributed by atoms with van der Waals surface area (Å²) in [4.78, 5) is 161. The van der Waals surface area contributed by atoms with Gasteiger partial charge in [0.05, 0.1) is 68.1 Å². The molecule has 0 aliphatic rings. The van der Waals surface area contributed by atoms with Crippen molar-refractivity contribution in [2.24, 2.45) is 0 Å². The van der Waals surface area contributed by atoms with Crippen LogP contribution < -0.4 is 27.5 Å². The Hall–Kier alpha value is -12.7. The Morgan fingerprint density at radius 2 is 0.786 bits per heavy atom. The molecule has 0 fully saturated rings. The van der Waals surface area contributed by atoms with Crippen LogP contribution in [-0.4, -0.2) is 235 Å². The number of anilines is 6. The minimum atomic E-state index is -3.96. The highest BCUT2D eigenvalue weighted by Crippen LogP contribution is 2.29. The number of thiophene rings is 1. The number of H-pyrrole nitrogens is 1. The second-order valence-corrected chi connectivity index (χ2v) is 45.9. The van der Waals surface area contributed by atoms with E-state index in [1.807, 2.05) is 19.0 Å². The molecule has 6 aromatic heterocycles. The number of aromatic nitrogens is 9. The first-order valence-corrected chi connectivity index (χ1v) is 55.3. The van der Waals surface area contributed by atoms with Gasteiger partial charge in [0.15, 0.2) is 71.8 Å².